The smallest absolute Gasteiger partial charge is 0.338 e. The number of hydrogen-bond acceptors (Lipinski definition) is 9. The van der Waals surface area contributed by atoms with Crippen LogP contribution >= 0.6 is 15.9 Å². The van der Waals surface area contributed by atoms with Crippen LogP contribution in [0.1, 0.15) is 132 Å². The van der Waals surface area contributed by atoms with E-state index in [1.54, 1.807) is 30.3 Å². The lowest BCUT2D eigenvalue weighted by atomic mass is 9.87. The normalized spacial score (nSPS) is 23.8. The third kappa shape index (κ3) is 16.3. The molecule has 2 aliphatic heterocycles. The van der Waals surface area contributed by atoms with Crippen molar-refractivity contribution < 1.29 is 41.5 Å². The second-order valence-electron chi connectivity index (χ2n) is 23.3. The zero-order valence-corrected chi connectivity index (χ0v) is 49.6. The van der Waals surface area contributed by atoms with Gasteiger partial charge in [0, 0.05) is 19.4 Å². The first-order valence-corrected chi connectivity index (χ1v) is 36.7. The van der Waals surface area contributed by atoms with Crippen LogP contribution in [0.3, 0.4) is 0 Å². The Morgan fingerprint density at radius 1 is 0.800 bits per heavy atom. The van der Waals surface area contributed by atoms with Crippen LogP contribution in [0.5, 0.6) is 0 Å². The molecule has 2 heterocycles. The van der Waals surface area contributed by atoms with Gasteiger partial charge in [-0.15, -0.1) is 0 Å². The van der Waals surface area contributed by atoms with E-state index in [1.807, 2.05) is 12.1 Å². The number of fused-ring (bicyclic) bond motifs is 1. The standard InChI is InChI=1S/C51H91BrO9Si4/c1-20-65(21-2,22-3)55-35-34-40-31-33-42-44(56-40)46(60-63(16,17)50(8,9)10)47(61-64(18,19)51(11,12)13)45(58-42)43(59-62(14,15)49(5,6)7)32-29-39(53)28-30-41(36-37(4)52)57-48(54)38-26-24-23-25-27-38/h23-27,29,32,40-47H,4,20-22,28,30-31,33-36H2,1-3,5-19H3/b32-29+/t40?,41-,42?,43?,44-,45-,46?,47?/m0/s1. The first-order chi connectivity index (χ1) is 29.8. The number of carbonyl (C=O) groups excluding carboxylic acids is 2. The minimum absolute atomic E-state index is 0.0157. The zero-order valence-electron chi connectivity index (χ0n) is 44.0. The van der Waals surface area contributed by atoms with E-state index in [9.17, 15) is 9.59 Å². The number of esters is 1. The molecule has 0 amide bonds. The number of allylic oxidation sites excluding steroid dienone is 1. The van der Waals surface area contributed by atoms with Crippen LogP contribution in [0.4, 0.5) is 0 Å². The maximum Gasteiger partial charge on any atom is 0.338 e. The van der Waals surface area contributed by atoms with Crippen molar-refractivity contribution in [3.05, 3.63) is 59.1 Å². The van der Waals surface area contributed by atoms with Gasteiger partial charge in [0.1, 0.15) is 30.5 Å². The van der Waals surface area contributed by atoms with Crippen LogP contribution in [0.25, 0.3) is 0 Å². The van der Waals surface area contributed by atoms with Gasteiger partial charge in [-0.25, -0.2) is 4.79 Å². The molecule has 5 unspecified atom stereocenters. The summed E-state index contributed by atoms with van der Waals surface area (Å²) in [4.78, 5) is 27.1. The summed E-state index contributed by atoms with van der Waals surface area (Å²) in [5.41, 5.74) is 0.464. The van der Waals surface area contributed by atoms with Crippen molar-refractivity contribution in [2.45, 2.75) is 243 Å². The van der Waals surface area contributed by atoms with Crippen LogP contribution in [0.2, 0.25) is 72.5 Å². The summed E-state index contributed by atoms with van der Waals surface area (Å²) in [5, 5.41) is -0.315. The highest BCUT2D eigenvalue weighted by Crippen LogP contribution is 2.47. The van der Waals surface area contributed by atoms with Gasteiger partial charge in [-0.1, -0.05) is 130 Å². The summed E-state index contributed by atoms with van der Waals surface area (Å²) < 4.78 is 50.6. The Kier molecular flexibility index (Phi) is 21.2. The molecule has 0 aromatic heterocycles. The fourth-order valence-corrected chi connectivity index (χ4v) is 14.7. The Labute approximate surface area is 408 Å². The van der Waals surface area contributed by atoms with E-state index in [0.717, 1.165) is 37.4 Å². The molecule has 3 rings (SSSR count). The molecule has 0 aliphatic carbocycles. The molecule has 0 N–H and O–H groups in total. The Morgan fingerprint density at radius 3 is 1.85 bits per heavy atom. The molecule has 0 radical (unpaired) electrons. The van der Waals surface area contributed by atoms with Gasteiger partial charge in [0.15, 0.2) is 39.1 Å². The molecule has 2 fully saturated rings. The molecule has 1 aromatic rings. The van der Waals surface area contributed by atoms with Gasteiger partial charge < -0.3 is 31.9 Å². The van der Waals surface area contributed by atoms with Gasteiger partial charge >= 0.3 is 5.97 Å². The van der Waals surface area contributed by atoms with Crippen LogP contribution in [0.15, 0.2) is 53.5 Å². The van der Waals surface area contributed by atoms with Gasteiger partial charge in [-0.2, -0.15) is 0 Å². The van der Waals surface area contributed by atoms with Crippen molar-refractivity contribution in [1.29, 1.82) is 0 Å². The average molecular weight is 1040 g/mol. The molecule has 0 saturated carbocycles. The topological polar surface area (TPSA) is 98.8 Å². The second kappa shape index (κ2) is 23.7. The monoisotopic (exact) mass is 1040 g/mol. The van der Waals surface area contributed by atoms with Crippen LogP contribution < -0.4 is 0 Å². The summed E-state index contributed by atoms with van der Waals surface area (Å²) in [6.45, 7) is 45.6. The Morgan fingerprint density at radius 2 is 1.34 bits per heavy atom. The van der Waals surface area contributed by atoms with Crippen LogP contribution in [-0.2, 0) is 36.7 Å². The summed E-state index contributed by atoms with van der Waals surface area (Å²) >= 11 is 3.45. The third-order valence-corrected chi connectivity index (χ3v) is 34.0. The van der Waals surface area contributed by atoms with E-state index in [0.29, 0.717) is 29.5 Å². The first-order valence-electron chi connectivity index (χ1n) is 24.6. The molecular weight excluding hydrogens is 949 g/mol. The SMILES string of the molecule is C=C(Br)C[C@H](CCC(=O)/C=C/C(O[Si](C)(C)C(C)(C)C)[C@@H]1OC2CCC(CCO[Si](CC)(CC)CC)O[C@@H]2C(O[Si](C)(C)C(C)(C)C)C1O[Si](C)(C)C(C)(C)C)OC(=O)c1ccccc1. The summed E-state index contributed by atoms with van der Waals surface area (Å²) in [7, 11) is -9.15. The number of carbonyl (C=O) groups is 2. The second-order valence-corrected chi connectivity index (χ2v) is 43.5. The van der Waals surface area contributed by atoms with Crippen molar-refractivity contribution in [3.8, 4) is 0 Å². The minimum atomic E-state index is -2.49. The predicted octanol–water partition coefficient (Wildman–Crippen LogP) is 14.3. The quantitative estimate of drug-likeness (QED) is 0.0603. The van der Waals surface area contributed by atoms with Crippen LogP contribution in [-0.4, -0.2) is 100 Å². The van der Waals surface area contributed by atoms with E-state index in [-0.39, 0.29) is 45.6 Å². The van der Waals surface area contributed by atoms with E-state index in [1.165, 1.54) is 0 Å². The molecule has 14 heteroatoms. The van der Waals surface area contributed by atoms with Gasteiger partial charge in [0.25, 0.3) is 0 Å². The lowest BCUT2D eigenvalue weighted by molar-refractivity contribution is -0.267. The highest BCUT2D eigenvalue weighted by atomic mass is 79.9. The number of ketones is 1. The average Bonchev–Trinajstić information content (AvgIpc) is 3.19. The number of benzene rings is 1. The maximum atomic E-state index is 14.0. The van der Waals surface area contributed by atoms with Gasteiger partial charge in [-0.3, -0.25) is 4.79 Å². The largest absolute Gasteiger partial charge is 0.458 e. The molecule has 0 spiro atoms. The van der Waals surface area contributed by atoms with Crippen molar-refractivity contribution >= 4 is 61.0 Å². The molecule has 8 atom stereocenters. The number of ether oxygens (including phenoxy) is 3. The first kappa shape index (κ1) is 58.3. The molecule has 2 saturated heterocycles. The molecule has 1 aromatic carbocycles. The Bertz CT molecular complexity index is 1700. The van der Waals surface area contributed by atoms with E-state index in [2.05, 4.69) is 145 Å². The van der Waals surface area contributed by atoms with Gasteiger partial charge in [0.2, 0.25) is 0 Å². The highest BCUT2D eigenvalue weighted by molar-refractivity contribution is 9.11. The zero-order chi connectivity index (χ0) is 49.4. The van der Waals surface area contributed by atoms with Crippen LogP contribution in [0, 0.1) is 0 Å². The van der Waals surface area contributed by atoms with Gasteiger partial charge in [0.05, 0.1) is 23.9 Å². The minimum Gasteiger partial charge on any atom is -0.458 e. The van der Waals surface area contributed by atoms with Gasteiger partial charge in [-0.05, 0) is 121 Å². The predicted molar refractivity (Wildman–Crippen MR) is 282 cm³/mol. The van der Waals surface area contributed by atoms with Crippen molar-refractivity contribution in [1.82, 2.24) is 0 Å². The number of halogens is 1. The fraction of sp³-hybridized carbons (Fsp3) is 0.765. The summed E-state index contributed by atoms with van der Waals surface area (Å²) in [5.74, 6) is -0.517. The molecular formula is C51H91BrO9Si4. The van der Waals surface area contributed by atoms with E-state index < -0.39 is 69.8 Å². The fourth-order valence-electron chi connectivity index (χ4n) is 7.79. The Hall–Kier alpha value is -1.05. The van der Waals surface area contributed by atoms with Crippen molar-refractivity contribution in [2.75, 3.05) is 6.61 Å². The van der Waals surface area contributed by atoms with Crippen molar-refractivity contribution in [3.63, 3.8) is 0 Å². The number of hydrogen-bond donors (Lipinski definition) is 0. The molecule has 9 nitrogen and oxygen atoms in total. The summed E-state index contributed by atoms with van der Waals surface area (Å²) in [6, 6.07) is 12.3. The maximum absolute atomic E-state index is 14.0. The molecule has 0 bridgehead atoms. The molecule has 65 heavy (non-hydrogen) atoms. The van der Waals surface area contributed by atoms with E-state index >= 15 is 0 Å². The van der Waals surface area contributed by atoms with Crippen molar-refractivity contribution in [2.24, 2.45) is 0 Å². The van der Waals surface area contributed by atoms with E-state index in [4.69, 9.17) is 31.9 Å². The number of rotatable bonds is 23. The lowest BCUT2D eigenvalue weighted by Gasteiger charge is -2.56. The Balaban J connectivity index is 2.12. The molecule has 2 aliphatic rings. The third-order valence-electron chi connectivity index (χ3n) is 15.5. The molecule has 372 valence electrons. The summed E-state index contributed by atoms with van der Waals surface area (Å²) in [6.07, 6.45) is 3.69. The lowest BCUT2D eigenvalue weighted by Crippen LogP contribution is -2.69. The highest BCUT2D eigenvalue weighted by Gasteiger charge is 2.58.